The number of carbonyl (C=O) groups is 1. The van der Waals surface area contributed by atoms with Crippen molar-refractivity contribution in [2.75, 3.05) is 20.3 Å². The number of hydrogen-bond acceptors (Lipinski definition) is 5. The third-order valence-corrected chi connectivity index (χ3v) is 5.35. The fourth-order valence-electron chi connectivity index (χ4n) is 2.56. The van der Waals surface area contributed by atoms with Crippen molar-refractivity contribution in [3.63, 3.8) is 0 Å². The molecule has 146 valence electrons. The molecule has 0 aliphatic carbocycles. The SMILES string of the molecule is CCOc1ccc(S(=O)(=O)NCCCc2cccc(OC)c2)cc1C(N)=O. The Bertz CT molecular complexity index is 897. The molecule has 0 radical (unpaired) electrons. The molecule has 0 unspecified atom stereocenters. The second-order valence-electron chi connectivity index (χ2n) is 5.81. The molecule has 0 bridgehead atoms. The van der Waals surface area contributed by atoms with Gasteiger partial charge in [-0.3, -0.25) is 4.79 Å². The highest BCUT2D eigenvalue weighted by Crippen LogP contribution is 2.22. The maximum Gasteiger partial charge on any atom is 0.252 e. The normalized spacial score (nSPS) is 11.2. The van der Waals surface area contributed by atoms with Crippen molar-refractivity contribution >= 4 is 15.9 Å². The number of benzene rings is 2. The van der Waals surface area contributed by atoms with Crippen molar-refractivity contribution in [3.05, 3.63) is 53.6 Å². The van der Waals surface area contributed by atoms with Crippen LogP contribution >= 0.6 is 0 Å². The zero-order chi connectivity index (χ0) is 19.9. The largest absolute Gasteiger partial charge is 0.497 e. The van der Waals surface area contributed by atoms with Gasteiger partial charge in [0.05, 0.1) is 24.2 Å². The van der Waals surface area contributed by atoms with Crippen LogP contribution in [0.2, 0.25) is 0 Å². The predicted octanol–water partition coefficient (Wildman–Crippen LogP) is 2.10. The summed E-state index contributed by atoms with van der Waals surface area (Å²) in [7, 11) is -2.15. The van der Waals surface area contributed by atoms with Gasteiger partial charge in [0.2, 0.25) is 10.0 Å². The summed E-state index contributed by atoms with van der Waals surface area (Å²) in [5.74, 6) is 0.289. The van der Waals surface area contributed by atoms with Crippen LogP contribution in [0.3, 0.4) is 0 Å². The Morgan fingerprint density at radius 3 is 2.63 bits per heavy atom. The molecular formula is C19H24N2O5S. The second kappa shape index (κ2) is 9.38. The van der Waals surface area contributed by atoms with Gasteiger partial charge >= 0.3 is 0 Å². The Morgan fingerprint density at radius 1 is 1.19 bits per heavy atom. The van der Waals surface area contributed by atoms with Crippen molar-refractivity contribution < 1.29 is 22.7 Å². The van der Waals surface area contributed by atoms with E-state index in [9.17, 15) is 13.2 Å². The fraction of sp³-hybridized carbons (Fsp3) is 0.316. The van der Waals surface area contributed by atoms with Crippen LogP contribution in [0.5, 0.6) is 11.5 Å². The monoisotopic (exact) mass is 392 g/mol. The Labute approximate surface area is 159 Å². The Balaban J connectivity index is 2.01. The van der Waals surface area contributed by atoms with E-state index in [0.29, 0.717) is 19.4 Å². The van der Waals surface area contributed by atoms with Gasteiger partial charge in [-0.2, -0.15) is 0 Å². The second-order valence-corrected chi connectivity index (χ2v) is 7.58. The lowest BCUT2D eigenvalue weighted by Gasteiger charge is -2.11. The van der Waals surface area contributed by atoms with Crippen LogP contribution in [0, 0.1) is 0 Å². The number of sulfonamides is 1. The van der Waals surface area contributed by atoms with Crippen LogP contribution in [-0.4, -0.2) is 34.6 Å². The minimum atomic E-state index is -3.75. The van der Waals surface area contributed by atoms with E-state index >= 15 is 0 Å². The van der Waals surface area contributed by atoms with Crippen LogP contribution < -0.4 is 19.9 Å². The Kier molecular flexibility index (Phi) is 7.20. The Morgan fingerprint density at radius 2 is 1.96 bits per heavy atom. The summed E-state index contributed by atoms with van der Waals surface area (Å²) in [6.45, 7) is 2.37. The predicted molar refractivity (Wildman–Crippen MR) is 103 cm³/mol. The van der Waals surface area contributed by atoms with E-state index in [1.165, 1.54) is 18.2 Å². The van der Waals surface area contributed by atoms with Crippen molar-refractivity contribution in [3.8, 4) is 11.5 Å². The molecule has 0 heterocycles. The first kappa shape index (κ1) is 20.7. The summed E-state index contributed by atoms with van der Waals surface area (Å²) in [6.07, 6.45) is 1.32. The summed E-state index contributed by atoms with van der Waals surface area (Å²) in [4.78, 5) is 11.5. The number of nitrogens with one attached hydrogen (secondary N) is 1. The van der Waals surface area contributed by atoms with Crippen molar-refractivity contribution in [2.24, 2.45) is 5.73 Å². The quantitative estimate of drug-likeness (QED) is 0.602. The number of nitrogens with two attached hydrogens (primary N) is 1. The zero-order valence-corrected chi connectivity index (χ0v) is 16.2. The molecule has 27 heavy (non-hydrogen) atoms. The molecule has 0 atom stereocenters. The highest BCUT2D eigenvalue weighted by molar-refractivity contribution is 7.89. The van der Waals surface area contributed by atoms with E-state index in [0.717, 1.165) is 11.3 Å². The number of ether oxygens (including phenoxy) is 2. The third kappa shape index (κ3) is 5.70. The molecule has 0 saturated heterocycles. The molecule has 0 aliphatic rings. The van der Waals surface area contributed by atoms with E-state index in [1.807, 2.05) is 24.3 Å². The molecule has 0 spiro atoms. The van der Waals surface area contributed by atoms with E-state index in [4.69, 9.17) is 15.2 Å². The summed E-state index contributed by atoms with van der Waals surface area (Å²) in [5.41, 5.74) is 6.42. The van der Waals surface area contributed by atoms with Gasteiger partial charge in [-0.05, 0) is 55.7 Å². The third-order valence-electron chi connectivity index (χ3n) is 3.90. The smallest absolute Gasteiger partial charge is 0.252 e. The molecule has 7 nitrogen and oxygen atoms in total. The molecule has 0 fully saturated rings. The van der Waals surface area contributed by atoms with E-state index in [1.54, 1.807) is 14.0 Å². The van der Waals surface area contributed by atoms with Gasteiger partial charge < -0.3 is 15.2 Å². The van der Waals surface area contributed by atoms with Gasteiger partial charge in [0.15, 0.2) is 0 Å². The van der Waals surface area contributed by atoms with Gasteiger partial charge in [0.1, 0.15) is 11.5 Å². The average molecular weight is 392 g/mol. The highest BCUT2D eigenvalue weighted by atomic mass is 32.2. The maximum absolute atomic E-state index is 12.5. The molecular weight excluding hydrogens is 368 g/mol. The topological polar surface area (TPSA) is 108 Å². The number of aryl methyl sites for hydroxylation is 1. The van der Waals surface area contributed by atoms with Crippen LogP contribution in [-0.2, 0) is 16.4 Å². The molecule has 2 aromatic carbocycles. The molecule has 1 amide bonds. The van der Waals surface area contributed by atoms with Crippen LogP contribution in [0.1, 0.15) is 29.3 Å². The minimum absolute atomic E-state index is 0.0267. The number of primary amides is 1. The summed E-state index contributed by atoms with van der Waals surface area (Å²) >= 11 is 0. The number of rotatable bonds is 10. The summed E-state index contributed by atoms with van der Waals surface area (Å²) < 4.78 is 37.9. The molecule has 3 N–H and O–H groups in total. The average Bonchev–Trinajstić information content (AvgIpc) is 2.65. The van der Waals surface area contributed by atoms with Gasteiger partial charge in [-0.15, -0.1) is 0 Å². The number of hydrogen-bond donors (Lipinski definition) is 2. The fourth-order valence-corrected chi connectivity index (χ4v) is 3.66. The molecule has 2 rings (SSSR count). The first-order valence-corrected chi connectivity index (χ1v) is 10.0. The lowest BCUT2D eigenvalue weighted by Crippen LogP contribution is -2.25. The van der Waals surface area contributed by atoms with Gasteiger partial charge in [-0.25, -0.2) is 13.1 Å². The summed E-state index contributed by atoms with van der Waals surface area (Å²) in [6, 6.07) is 11.7. The summed E-state index contributed by atoms with van der Waals surface area (Å²) in [5, 5.41) is 0. The van der Waals surface area contributed by atoms with Gasteiger partial charge in [0.25, 0.3) is 5.91 Å². The lowest BCUT2D eigenvalue weighted by molar-refractivity contribution is 0.0996. The number of amides is 1. The molecule has 0 aromatic heterocycles. The highest BCUT2D eigenvalue weighted by Gasteiger charge is 2.18. The van der Waals surface area contributed by atoms with E-state index in [2.05, 4.69) is 4.72 Å². The van der Waals surface area contributed by atoms with Crippen LogP contribution in [0.4, 0.5) is 0 Å². The number of methoxy groups -OCH3 is 1. The molecule has 0 saturated carbocycles. The van der Waals surface area contributed by atoms with E-state index < -0.39 is 15.9 Å². The van der Waals surface area contributed by atoms with Gasteiger partial charge in [0, 0.05) is 6.54 Å². The van der Waals surface area contributed by atoms with Gasteiger partial charge in [-0.1, -0.05) is 12.1 Å². The van der Waals surface area contributed by atoms with E-state index in [-0.39, 0.29) is 22.8 Å². The standard InChI is InChI=1S/C19H24N2O5S/c1-3-26-18-10-9-16(13-17(18)19(20)22)27(23,24)21-11-5-7-14-6-4-8-15(12-14)25-2/h4,6,8-10,12-13,21H,3,5,7,11H2,1-2H3,(H2,20,22). The van der Waals surface area contributed by atoms with Crippen molar-refractivity contribution in [1.82, 2.24) is 4.72 Å². The minimum Gasteiger partial charge on any atom is -0.497 e. The lowest BCUT2D eigenvalue weighted by atomic mass is 10.1. The first-order chi connectivity index (χ1) is 12.9. The molecule has 0 aliphatic heterocycles. The molecule has 8 heteroatoms. The Hall–Kier alpha value is -2.58. The van der Waals surface area contributed by atoms with Crippen LogP contribution in [0.25, 0.3) is 0 Å². The van der Waals surface area contributed by atoms with Crippen LogP contribution in [0.15, 0.2) is 47.4 Å². The number of carbonyl (C=O) groups excluding carboxylic acids is 1. The van der Waals surface area contributed by atoms with Crippen molar-refractivity contribution in [2.45, 2.75) is 24.7 Å². The first-order valence-electron chi connectivity index (χ1n) is 8.56. The molecule has 2 aromatic rings. The maximum atomic E-state index is 12.5. The zero-order valence-electron chi connectivity index (χ0n) is 15.4. The van der Waals surface area contributed by atoms with Crippen molar-refractivity contribution in [1.29, 1.82) is 0 Å².